The molecular weight excluding hydrogens is 377 g/mol. The van der Waals surface area contributed by atoms with Crippen LogP contribution < -0.4 is 15.1 Å². The largest absolute Gasteiger partial charge is 0.507 e. The van der Waals surface area contributed by atoms with Gasteiger partial charge in [-0.1, -0.05) is 12.1 Å². The highest BCUT2D eigenvalue weighted by Crippen LogP contribution is 2.29. The van der Waals surface area contributed by atoms with Gasteiger partial charge in [0.05, 0.1) is 5.69 Å². The highest BCUT2D eigenvalue weighted by atomic mass is 19.1. The average Bonchev–Trinajstić information content (AvgIpc) is 2.69. The SMILES string of the molecule is CCN(CC)c1ccc(C=C2C(=O)NC(=O)N(c3ccccc3F)C2=O)c(O)c1. The Kier molecular flexibility index (Phi) is 5.63. The zero-order valence-corrected chi connectivity index (χ0v) is 16.0. The summed E-state index contributed by atoms with van der Waals surface area (Å²) < 4.78 is 14.1. The fourth-order valence-electron chi connectivity index (χ4n) is 3.10. The molecule has 2 N–H and O–H groups in total. The number of halogens is 1. The maximum absolute atomic E-state index is 14.1. The smallest absolute Gasteiger partial charge is 0.336 e. The molecule has 1 aliphatic rings. The number of nitrogens with zero attached hydrogens (tertiary/aromatic N) is 2. The molecule has 3 rings (SSSR count). The summed E-state index contributed by atoms with van der Waals surface area (Å²) in [6.07, 6.45) is 1.18. The molecule has 0 aliphatic carbocycles. The van der Waals surface area contributed by atoms with Gasteiger partial charge in [-0.05, 0) is 44.2 Å². The molecule has 0 atom stereocenters. The Hall–Kier alpha value is -3.68. The van der Waals surface area contributed by atoms with E-state index in [9.17, 15) is 23.9 Å². The summed E-state index contributed by atoms with van der Waals surface area (Å²) in [5.41, 5.74) is 0.354. The van der Waals surface area contributed by atoms with Crippen LogP contribution in [-0.2, 0) is 9.59 Å². The van der Waals surface area contributed by atoms with E-state index in [0.29, 0.717) is 4.90 Å². The van der Waals surface area contributed by atoms with Crippen molar-refractivity contribution in [3.05, 3.63) is 59.4 Å². The van der Waals surface area contributed by atoms with Crippen molar-refractivity contribution >= 4 is 35.3 Å². The third kappa shape index (κ3) is 3.82. The molecule has 0 bridgehead atoms. The summed E-state index contributed by atoms with van der Waals surface area (Å²) in [6.45, 7) is 5.46. The summed E-state index contributed by atoms with van der Waals surface area (Å²) in [5.74, 6) is -2.80. The number of phenols is 1. The molecule has 4 amide bonds. The summed E-state index contributed by atoms with van der Waals surface area (Å²) in [6, 6.07) is 9.07. The molecule has 1 aliphatic heterocycles. The number of urea groups is 1. The molecule has 1 saturated heterocycles. The van der Waals surface area contributed by atoms with E-state index >= 15 is 0 Å². The minimum Gasteiger partial charge on any atom is -0.507 e. The minimum atomic E-state index is -1.04. The number of amides is 4. The summed E-state index contributed by atoms with van der Waals surface area (Å²) in [7, 11) is 0. The van der Waals surface area contributed by atoms with E-state index in [1.165, 1.54) is 30.3 Å². The van der Waals surface area contributed by atoms with Crippen LogP contribution >= 0.6 is 0 Å². The van der Waals surface area contributed by atoms with E-state index in [4.69, 9.17) is 0 Å². The normalized spacial score (nSPS) is 15.6. The number of rotatable bonds is 5. The molecule has 29 heavy (non-hydrogen) atoms. The van der Waals surface area contributed by atoms with Gasteiger partial charge < -0.3 is 10.0 Å². The number of anilines is 2. The predicted molar refractivity (Wildman–Crippen MR) is 107 cm³/mol. The number of benzene rings is 2. The Morgan fingerprint density at radius 3 is 2.41 bits per heavy atom. The molecule has 2 aromatic carbocycles. The van der Waals surface area contributed by atoms with Crippen molar-refractivity contribution in [1.82, 2.24) is 5.32 Å². The molecular formula is C21H20FN3O4. The van der Waals surface area contributed by atoms with Crippen LogP contribution in [0, 0.1) is 5.82 Å². The van der Waals surface area contributed by atoms with Crippen LogP contribution in [0.1, 0.15) is 19.4 Å². The van der Waals surface area contributed by atoms with Crippen molar-refractivity contribution in [2.24, 2.45) is 0 Å². The van der Waals surface area contributed by atoms with Crippen molar-refractivity contribution in [3.8, 4) is 5.75 Å². The number of para-hydroxylation sites is 1. The molecule has 8 heteroatoms. The van der Waals surface area contributed by atoms with Crippen LogP contribution in [0.2, 0.25) is 0 Å². The molecule has 1 heterocycles. The maximum atomic E-state index is 14.1. The van der Waals surface area contributed by atoms with Crippen molar-refractivity contribution in [2.75, 3.05) is 22.9 Å². The van der Waals surface area contributed by atoms with Crippen LogP contribution in [0.25, 0.3) is 6.08 Å². The second-order valence-corrected chi connectivity index (χ2v) is 6.32. The third-order valence-corrected chi connectivity index (χ3v) is 4.64. The topological polar surface area (TPSA) is 90.0 Å². The quantitative estimate of drug-likeness (QED) is 0.598. The van der Waals surface area contributed by atoms with Gasteiger partial charge >= 0.3 is 6.03 Å². The Labute approximate surface area is 167 Å². The standard InChI is InChI=1S/C21H20FN3O4/c1-3-24(4-2)14-10-9-13(18(26)12-14)11-15-19(27)23-21(29)25(20(15)28)17-8-6-5-7-16(17)22/h5-12,26H,3-4H2,1-2H3,(H,23,27,29). The van der Waals surface area contributed by atoms with Crippen molar-refractivity contribution in [1.29, 1.82) is 0 Å². The van der Waals surface area contributed by atoms with Crippen LogP contribution in [0.4, 0.5) is 20.6 Å². The number of aromatic hydroxyl groups is 1. The van der Waals surface area contributed by atoms with E-state index in [1.807, 2.05) is 24.1 Å². The van der Waals surface area contributed by atoms with Gasteiger partial charge in [0, 0.05) is 30.4 Å². The number of imide groups is 2. The average molecular weight is 397 g/mol. The first-order valence-corrected chi connectivity index (χ1v) is 9.11. The van der Waals surface area contributed by atoms with Crippen LogP contribution in [0.3, 0.4) is 0 Å². The first-order chi connectivity index (χ1) is 13.9. The molecule has 0 spiro atoms. The van der Waals surface area contributed by atoms with Gasteiger partial charge in [0.1, 0.15) is 17.1 Å². The van der Waals surface area contributed by atoms with Gasteiger partial charge in [-0.3, -0.25) is 14.9 Å². The lowest BCUT2D eigenvalue weighted by molar-refractivity contribution is -0.122. The summed E-state index contributed by atoms with van der Waals surface area (Å²) in [4.78, 5) is 39.8. The van der Waals surface area contributed by atoms with Gasteiger partial charge in [-0.15, -0.1) is 0 Å². The molecule has 0 radical (unpaired) electrons. The number of carbonyl (C=O) groups excluding carboxylic acids is 3. The molecule has 2 aromatic rings. The van der Waals surface area contributed by atoms with Crippen LogP contribution in [-0.4, -0.2) is 36.0 Å². The first kappa shape index (κ1) is 20.1. The first-order valence-electron chi connectivity index (χ1n) is 9.11. The molecule has 0 unspecified atom stereocenters. The molecule has 0 saturated carbocycles. The fraction of sp³-hybridized carbons (Fsp3) is 0.190. The molecule has 1 fully saturated rings. The Morgan fingerprint density at radius 1 is 1.10 bits per heavy atom. The minimum absolute atomic E-state index is 0.128. The third-order valence-electron chi connectivity index (χ3n) is 4.64. The van der Waals surface area contributed by atoms with E-state index in [0.717, 1.165) is 24.8 Å². The zero-order valence-electron chi connectivity index (χ0n) is 16.0. The van der Waals surface area contributed by atoms with E-state index in [-0.39, 0.29) is 17.0 Å². The van der Waals surface area contributed by atoms with Crippen molar-refractivity contribution in [2.45, 2.75) is 13.8 Å². The number of phenolic OH excluding ortho intramolecular Hbond substituents is 1. The number of hydrogen-bond acceptors (Lipinski definition) is 5. The lowest BCUT2D eigenvalue weighted by Gasteiger charge is -2.26. The number of hydrogen-bond donors (Lipinski definition) is 2. The lowest BCUT2D eigenvalue weighted by atomic mass is 10.1. The van der Waals surface area contributed by atoms with Gasteiger partial charge in [0.15, 0.2) is 0 Å². The second kappa shape index (κ2) is 8.14. The lowest BCUT2D eigenvalue weighted by Crippen LogP contribution is -2.54. The van der Waals surface area contributed by atoms with E-state index in [2.05, 4.69) is 0 Å². The van der Waals surface area contributed by atoms with Crippen molar-refractivity contribution < 1.29 is 23.9 Å². The Bertz CT molecular complexity index is 1010. The number of carbonyl (C=O) groups is 3. The van der Waals surface area contributed by atoms with E-state index < -0.39 is 29.2 Å². The maximum Gasteiger partial charge on any atom is 0.336 e. The van der Waals surface area contributed by atoms with Gasteiger partial charge in [-0.25, -0.2) is 14.1 Å². The van der Waals surface area contributed by atoms with Gasteiger partial charge in [0.2, 0.25) is 0 Å². The zero-order chi connectivity index (χ0) is 21.1. The van der Waals surface area contributed by atoms with Crippen molar-refractivity contribution in [3.63, 3.8) is 0 Å². The molecule has 7 nitrogen and oxygen atoms in total. The van der Waals surface area contributed by atoms with Gasteiger partial charge in [-0.2, -0.15) is 0 Å². The number of nitrogens with one attached hydrogen (secondary N) is 1. The van der Waals surface area contributed by atoms with Crippen LogP contribution in [0.5, 0.6) is 5.75 Å². The fourth-order valence-corrected chi connectivity index (χ4v) is 3.10. The Morgan fingerprint density at radius 2 is 1.79 bits per heavy atom. The van der Waals surface area contributed by atoms with E-state index in [1.54, 1.807) is 12.1 Å². The highest BCUT2D eigenvalue weighted by molar-refractivity contribution is 6.39. The van der Waals surface area contributed by atoms with Gasteiger partial charge in [0.25, 0.3) is 11.8 Å². The second-order valence-electron chi connectivity index (χ2n) is 6.32. The summed E-state index contributed by atoms with van der Waals surface area (Å²) >= 11 is 0. The monoisotopic (exact) mass is 397 g/mol. The number of barbiturate groups is 1. The summed E-state index contributed by atoms with van der Waals surface area (Å²) in [5, 5.41) is 12.4. The molecule has 0 aromatic heterocycles. The molecule has 150 valence electrons. The Balaban J connectivity index is 2.00. The highest BCUT2D eigenvalue weighted by Gasteiger charge is 2.38. The predicted octanol–water partition coefficient (Wildman–Crippen LogP) is 3.04. The van der Waals surface area contributed by atoms with Crippen LogP contribution in [0.15, 0.2) is 48.0 Å².